The van der Waals surface area contributed by atoms with Crippen LogP contribution in [0.3, 0.4) is 0 Å². The van der Waals surface area contributed by atoms with Crippen LogP contribution in [0.25, 0.3) is 10.2 Å². The number of hydrogen-bond acceptors (Lipinski definition) is 4. The quantitative estimate of drug-likeness (QED) is 0.825. The smallest absolute Gasteiger partial charge is 0.181 e. The van der Waals surface area contributed by atoms with Crippen molar-refractivity contribution >= 4 is 26.7 Å². The van der Waals surface area contributed by atoms with E-state index >= 15 is 0 Å². The van der Waals surface area contributed by atoms with Gasteiger partial charge in [0, 0.05) is 0 Å². The lowest BCUT2D eigenvalue weighted by Gasteiger charge is -2.08. The summed E-state index contributed by atoms with van der Waals surface area (Å²) in [6.45, 7) is 4.01. The Balaban J connectivity index is 2.40. The van der Waals surface area contributed by atoms with Crippen LogP contribution in [0, 0.1) is 0 Å². The molecule has 0 aliphatic rings. The van der Waals surface area contributed by atoms with Gasteiger partial charge in [-0.15, -0.1) is 0 Å². The summed E-state index contributed by atoms with van der Waals surface area (Å²) >= 11 is 1.48. The fourth-order valence-electron chi connectivity index (χ4n) is 1.27. The second kappa shape index (κ2) is 3.46. The van der Waals surface area contributed by atoms with E-state index in [1.165, 1.54) is 11.3 Å². The molecule has 2 aromatic rings. The highest BCUT2D eigenvalue weighted by atomic mass is 32.1. The minimum atomic E-state index is 0.192. The van der Waals surface area contributed by atoms with Gasteiger partial charge in [0.2, 0.25) is 0 Å². The third-order valence-corrected chi connectivity index (χ3v) is 2.60. The van der Waals surface area contributed by atoms with Crippen LogP contribution in [0.5, 0.6) is 5.75 Å². The summed E-state index contributed by atoms with van der Waals surface area (Å²) in [5.41, 5.74) is 6.54. The first kappa shape index (κ1) is 9.27. The van der Waals surface area contributed by atoms with Crippen LogP contribution >= 0.6 is 11.3 Å². The van der Waals surface area contributed by atoms with Crippen molar-refractivity contribution in [2.24, 2.45) is 0 Å². The molecule has 0 unspecified atom stereocenters. The lowest BCUT2D eigenvalue weighted by atomic mass is 10.3. The predicted molar refractivity (Wildman–Crippen MR) is 59.8 cm³/mol. The summed E-state index contributed by atoms with van der Waals surface area (Å²) in [4.78, 5) is 4.17. The first-order chi connectivity index (χ1) is 6.65. The molecule has 14 heavy (non-hydrogen) atoms. The van der Waals surface area contributed by atoms with Crippen LogP contribution < -0.4 is 10.5 Å². The maximum atomic E-state index is 5.61. The van der Waals surface area contributed by atoms with E-state index in [9.17, 15) is 0 Å². The molecule has 0 atom stereocenters. The minimum Gasteiger partial charge on any atom is -0.491 e. The number of thiazole rings is 1. The minimum absolute atomic E-state index is 0.192. The number of fused-ring (bicyclic) bond motifs is 1. The van der Waals surface area contributed by atoms with Crippen molar-refractivity contribution in [2.45, 2.75) is 20.0 Å². The van der Waals surface area contributed by atoms with E-state index in [0.29, 0.717) is 5.13 Å². The summed E-state index contributed by atoms with van der Waals surface area (Å²) in [7, 11) is 0. The molecule has 0 bridgehead atoms. The Labute approximate surface area is 86.5 Å². The van der Waals surface area contributed by atoms with Gasteiger partial charge >= 0.3 is 0 Å². The number of nitrogens with two attached hydrogens (primary N) is 1. The molecule has 1 aromatic carbocycles. The molecular formula is C10H12N2OS. The summed E-state index contributed by atoms with van der Waals surface area (Å²) < 4.78 is 6.64. The van der Waals surface area contributed by atoms with Crippen molar-refractivity contribution in [3.05, 3.63) is 18.2 Å². The number of hydrogen-bond donors (Lipinski definition) is 1. The van der Waals surface area contributed by atoms with Crippen molar-refractivity contribution in [2.75, 3.05) is 5.73 Å². The summed E-state index contributed by atoms with van der Waals surface area (Å²) in [6.07, 6.45) is 0.192. The van der Waals surface area contributed by atoms with Gasteiger partial charge < -0.3 is 10.5 Å². The fraction of sp³-hybridized carbons (Fsp3) is 0.300. The van der Waals surface area contributed by atoms with Gasteiger partial charge in [0.1, 0.15) is 5.75 Å². The van der Waals surface area contributed by atoms with Crippen LogP contribution in [-0.2, 0) is 0 Å². The number of rotatable bonds is 2. The van der Waals surface area contributed by atoms with Crippen LogP contribution in [0.2, 0.25) is 0 Å². The second-order valence-corrected chi connectivity index (χ2v) is 4.41. The Morgan fingerprint density at radius 2 is 2.21 bits per heavy atom. The lowest BCUT2D eigenvalue weighted by Crippen LogP contribution is -2.04. The molecule has 0 spiro atoms. The van der Waals surface area contributed by atoms with Gasteiger partial charge in [-0.1, -0.05) is 11.3 Å². The van der Waals surface area contributed by atoms with E-state index in [0.717, 1.165) is 16.0 Å². The highest BCUT2D eigenvalue weighted by molar-refractivity contribution is 7.22. The van der Waals surface area contributed by atoms with Crippen molar-refractivity contribution in [3.8, 4) is 5.75 Å². The molecule has 0 aliphatic carbocycles. The Hall–Kier alpha value is -1.29. The van der Waals surface area contributed by atoms with Gasteiger partial charge in [-0.3, -0.25) is 0 Å². The first-order valence-corrected chi connectivity index (χ1v) is 5.29. The molecule has 2 N–H and O–H groups in total. The monoisotopic (exact) mass is 208 g/mol. The maximum absolute atomic E-state index is 5.61. The number of nitrogens with zero attached hydrogens (tertiary/aromatic N) is 1. The zero-order valence-corrected chi connectivity index (χ0v) is 8.97. The molecule has 74 valence electrons. The molecule has 1 heterocycles. The van der Waals surface area contributed by atoms with Gasteiger partial charge in [-0.05, 0) is 32.0 Å². The number of anilines is 1. The molecule has 0 fully saturated rings. The van der Waals surface area contributed by atoms with Crippen LogP contribution in [-0.4, -0.2) is 11.1 Å². The second-order valence-electron chi connectivity index (χ2n) is 3.35. The van der Waals surface area contributed by atoms with Crippen LogP contribution in [0.15, 0.2) is 18.2 Å². The number of benzene rings is 1. The van der Waals surface area contributed by atoms with Gasteiger partial charge in [0.15, 0.2) is 5.13 Å². The number of nitrogen functional groups attached to an aromatic ring is 1. The fourth-order valence-corrected chi connectivity index (χ4v) is 2.03. The SMILES string of the molecule is CC(C)Oc1ccc2nc(N)sc2c1. The van der Waals surface area contributed by atoms with E-state index in [1.54, 1.807) is 0 Å². The third kappa shape index (κ3) is 1.80. The molecule has 0 radical (unpaired) electrons. The normalized spacial score (nSPS) is 11.1. The Bertz CT molecular complexity index is 450. The van der Waals surface area contributed by atoms with Crippen LogP contribution in [0.4, 0.5) is 5.13 Å². The molecule has 2 rings (SSSR count). The molecule has 3 nitrogen and oxygen atoms in total. The molecule has 0 saturated heterocycles. The van der Waals surface area contributed by atoms with Gasteiger partial charge in [-0.25, -0.2) is 4.98 Å². The van der Waals surface area contributed by atoms with Crippen molar-refractivity contribution in [3.63, 3.8) is 0 Å². The Morgan fingerprint density at radius 3 is 2.93 bits per heavy atom. The molecule has 0 amide bonds. The van der Waals surface area contributed by atoms with Crippen molar-refractivity contribution in [1.29, 1.82) is 0 Å². The number of ether oxygens (including phenoxy) is 1. The predicted octanol–water partition coefficient (Wildman–Crippen LogP) is 2.67. The largest absolute Gasteiger partial charge is 0.491 e. The zero-order chi connectivity index (χ0) is 10.1. The summed E-state index contributed by atoms with van der Waals surface area (Å²) in [5.74, 6) is 0.871. The van der Waals surface area contributed by atoms with Gasteiger partial charge in [0.25, 0.3) is 0 Å². The van der Waals surface area contributed by atoms with Gasteiger partial charge in [0.05, 0.1) is 16.3 Å². The topological polar surface area (TPSA) is 48.1 Å². The highest BCUT2D eigenvalue weighted by Crippen LogP contribution is 2.27. The Morgan fingerprint density at radius 1 is 1.43 bits per heavy atom. The maximum Gasteiger partial charge on any atom is 0.181 e. The van der Waals surface area contributed by atoms with Crippen LogP contribution in [0.1, 0.15) is 13.8 Å². The number of aromatic nitrogens is 1. The average molecular weight is 208 g/mol. The molecule has 0 aliphatic heterocycles. The Kier molecular flexibility index (Phi) is 2.29. The standard InChI is InChI=1S/C10H12N2OS/c1-6(2)13-7-3-4-8-9(5-7)14-10(11)12-8/h3-6H,1-2H3,(H2,11,12). The molecule has 1 aromatic heterocycles. The first-order valence-electron chi connectivity index (χ1n) is 4.48. The molecule has 4 heteroatoms. The average Bonchev–Trinajstić information content (AvgIpc) is 2.42. The van der Waals surface area contributed by atoms with Gasteiger partial charge in [-0.2, -0.15) is 0 Å². The summed E-state index contributed by atoms with van der Waals surface area (Å²) in [6, 6.07) is 5.82. The van der Waals surface area contributed by atoms with Crippen molar-refractivity contribution in [1.82, 2.24) is 4.98 Å². The summed E-state index contributed by atoms with van der Waals surface area (Å²) in [5, 5.41) is 0.599. The van der Waals surface area contributed by atoms with Crippen molar-refractivity contribution < 1.29 is 4.74 Å². The van der Waals surface area contributed by atoms with E-state index in [4.69, 9.17) is 10.5 Å². The lowest BCUT2D eigenvalue weighted by molar-refractivity contribution is 0.243. The van der Waals surface area contributed by atoms with E-state index in [1.807, 2.05) is 32.0 Å². The molecular weight excluding hydrogens is 196 g/mol. The van der Waals surface area contributed by atoms with E-state index in [-0.39, 0.29) is 6.10 Å². The highest BCUT2D eigenvalue weighted by Gasteiger charge is 2.03. The third-order valence-electron chi connectivity index (χ3n) is 1.75. The molecule has 0 saturated carbocycles. The van der Waals surface area contributed by atoms with E-state index < -0.39 is 0 Å². The zero-order valence-electron chi connectivity index (χ0n) is 8.15. The van der Waals surface area contributed by atoms with E-state index in [2.05, 4.69) is 4.98 Å².